The Bertz CT molecular complexity index is 3390. The third kappa shape index (κ3) is 14.7. The number of nitrogens with zero attached hydrogens (tertiary/aromatic N) is 10. The van der Waals surface area contributed by atoms with Crippen LogP contribution in [0.15, 0.2) is 97.1 Å². The molecular formula is C53H51F5N12O7S2. The summed E-state index contributed by atoms with van der Waals surface area (Å²) >= 11 is 2.91. The van der Waals surface area contributed by atoms with Gasteiger partial charge in [-0.3, -0.25) is 9.59 Å². The van der Waals surface area contributed by atoms with E-state index in [-0.39, 0.29) is 60.1 Å². The molecule has 4 aromatic carbocycles. The van der Waals surface area contributed by atoms with Crippen molar-refractivity contribution in [3.05, 3.63) is 135 Å². The number of benzene rings is 4. The number of esters is 1. The van der Waals surface area contributed by atoms with Crippen LogP contribution in [0.1, 0.15) is 31.5 Å². The first-order chi connectivity index (χ1) is 38.0. The summed E-state index contributed by atoms with van der Waals surface area (Å²) in [6.07, 6.45) is -1.99. The highest BCUT2D eigenvalue weighted by Gasteiger charge is 2.31. The SMILES string of the molecule is COC(=O)c1ccc(OCC(=O)N2CCN(c3nc(N)nc4sc(CCc5ccc(F)cc5)nc34)CC2)cc1.Nc1nc(N2CCN(C(=O)COc3ccc(OC(F)(F)F)cc3)CC2)c2nc(CCc3ccc(F)cc3)sc2n1. The molecule has 4 aromatic heterocycles. The topological polar surface area (TPSA) is 230 Å². The average Bonchev–Trinajstić information content (AvgIpc) is 4.23. The van der Waals surface area contributed by atoms with E-state index in [9.17, 15) is 36.3 Å². The number of anilines is 4. The van der Waals surface area contributed by atoms with Crippen LogP contribution in [0.4, 0.5) is 45.5 Å². The molecule has 26 heteroatoms. The molecule has 2 fully saturated rings. The van der Waals surface area contributed by atoms with Crippen molar-refractivity contribution in [1.82, 2.24) is 39.7 Å². The minimum atomic E-state index is -4.78. The van der Waals surface area contributed by atoms with Crippen molar-refractivity contribution in [3.8, 4) is 17.2 Å². The summed E-state index contributed by atoms with van der Waals surface area (Å²) in [6.45, 7) is 3.56. The number of methoxy groups -OCH3 is 1. The average molecular weight is 1130 g/mol. The molecule has 412 valence electrons. The Hall–Kier alpha value is -8.52. The highest BCUT2D eigenvalue weighted by molar-refractivity contribution is 7.18. The second-order valence-electron chi connectivity index (χ2n) is 17.9. The van der Waals surface area contributed by atoms with Crippen LogP contribution in [0, 0.1) is 11.6 Å². The minimum absolute atomic E-state index is 0.105. The number of rotatable bonds is 16. The second kappa shape index (κ2) is 24.9. The van der Waals surface area contributed by atoms with E-state index >= 15 is 0 Å². The number of amides is 2. The van der Waals surface area contributed by atoms with Gasteiger partial charge in [-0.1, -0.05) is 46.9 Å². The van der Waals surface area contributed by atoms with Gasteiger partial charge in [0.15, 0.2) is 34.5 Å². The number of thiazole rings is 2. The Morgan fingerprint density at radius 3 is 1.32 bits per heavy atom. The molecule has 10 rings (SSSR count). The predicted octanol–water partition coefficient (Wildman–Crippen LogP) is 7.33. The van der Waals surface area contributed by atoms with Crippen LogP contribution in [-0.2, 0) is 40.0 Å². The van der Waals surface area contributed by atoms with Gasteiger partial charge in [-0.05, 0) is 96.8 Å². The van der Waals surface area contributed by atoms with Gasteiger partial charge in [0, 0.05) is 65.2 Å². The zero-order valence-corrected chi connectivity index (χ0v) is 44.0. The summed E-state index contributed by atoms with van der Waals surface area (Å²) in [6, 6.07) is 24.1. The van der Waals surface area contributed by atoms with Gasteiger partial charge in [0.2, 0.25) is 11.9 Å². The fourth-order valence-electron chi connectivity index (χ4n) is 8.54. The Morgan fingerprint density at radius 2 is 0.924 bits per heavy atom. The minimum Gasteiger partial charge on any atom is -0.484 e. The Balaban J connectivity index is 0.000000192. The molecule has 19 nitrogen and oxygen atoms in total. The largest absolute Gasteiger partial charge is 0.573 e. The number of piperazine rings is 2. The molecular weight excluding hydrogens is 1080 g/mol. The smallest absolute Gasteiger partial charge is 0.484 e. The maximum absolute atomic E-state index is 13.2. The third-order valence-corrected chi connectivity index (χ3v) is 14.6. The van der Waals surface area contributed by atoms with Crippen molar-refractivity contribution < 1.29 is 55.3 Å². The number of aryl methyl sites for hydroxylation is 4. The quantitative estimate of drug-likeness (QED) is 0.0713. The van der Waals surface area contributed by atoms with E-state index < -0.39 is 12.3 Å². The van der Waals surface area contributed by atoms with E-state index in [0.29, 0.717) is 110 Å². The van der Waals surface area contributed by atoms with E-state index in [1.54, 1.807) is 58.3 Å². The Labute approximate surface area is 456 Å². The van der Waals surface area contributed by atoms with E-state index in [1.807, 2.05) is 4.90 Å². The summed E-state index contributed by atoms with van der Waals surface area (Å²) in [4.78, 5) is 73.0. The molecule has 0 spiro atoms. The molecule has 2 aliphatic rings. The van der Waals surface area contributed by atoms with Crippen LogP contribution in [0.5, 0.6) is 17.2 Å². The number of hydrogen-bond acceptors (Lipinski definition) is 19. The van der Waals surface area contributed by atoms with Crippen molar-refractivity contribution in [2.75, 3.05) is 93.9 Å². The normalized spacial score (nSPS) is 13.7. The van der Waals surface area contributed by atoms with E-state index in [4.69, 9.17) is 30.9 Å². The molecule has 2 saturated heterocycles. The zero-order valence-electron chi connectivity index (χ0n) is 42.3. The molecule has 2 aliphatic heterocycles. The molecule has 0 radical (unpaired) electrons. The molecule has 0 aliphatic carbocycles. The van der Waals surface area contributed by atoms with Gasteiger partial charge in [0.25, 0.3) is 11.8 Å². The van der Waals surface area contributed by atoms with E-state index in [0.717, 1.165) is 44.5 Å². The zero-order chi connectivity index (χ0) is 55.6. The van der Waals surface area contributed by atoms with Crippen LogP contribution < -0.4 is 35.5 Å². The van der Waals surface area contributed by atoms with E-state index in [2.05, 4.69) is 34.3 Å². The van der Waals surface area contributed by atoms with E-state index in [1.165, 1.54) is 66.2 Å². The monoisotopic (exact) mass is 1130 g/mol. The number of alkyl halides is 3. The lowest BCUT2D eigenvalue weighted by atomic mass is 10.1. The van der Waals surface area contributed by atoms with Gasteiger partial charge in [-0.25, -0.2) is 33.5 Å². The Morgan fingerprint density at radius 1 is 0.532 bits per heavy atom. The van der Waals surface area contributed by atoms with Crippen LogP contribution >= 0.6 is 22.7 Å². The molecule has 79 heavy (non-hydrogen) atoms. The summed E-state index contributed by atoms with van der Waals surface area (Å²) in [5.41, 5.74) is 15.8. The van der Waals surface area contributed by atoms with Gasteiger partial charge in [-0.2, -0.15) is 9.97 Å². The van der Waals surface area contributed by atoms with Gasteiger partial charge >= 0.3 is 12.3 Å². The van der Waals surface area contributed by atoms with Gasteiger partial charge in [0.05, 0.1) is 22.7 Å². The number of nitrogen functional groups attached to an aromatic ring is 2. The number of carbonyl (C=O) groups excluding carboxylic acids is 3. The number of halogens is 5. The summed E-state index contributed by atoms with van der Waals surface area (Å²) in [5, 5.41) is 1.77. The fraction of sp³-hybridized carbons (Fsp3) is 0.302. The lowest BCUT2D eigenvalue weighted by Gasteiger charge is -2.35. The molecule has 0 unspecified atom stereocenters. The number of hydrogen-bond donors (Lipinski definition) is 2. The summed E-state index contributed by atoms with van der Waals surface area (Å²) in [5.74, 6) is 0.607. The van der Waals surface area contributed by atoms with Crippen molar-refractivity contribution in [3.63, 3.8) is 0 Å². The lowest BCUT2D eigenvalue weighted by molar-refractivity contribution is -0.274. The van der Waals surface area contributed by atoms with Crippen molar-refractivity contribution in [1.29, 1.82) is 0 Å². The first kappa shape index (κ1) is 55.2. The van der Waals surface area contributed by atoms with Gasteiger partial charge < -0.3 is 50.0 Å². The first-order valence-corrected chi connectivity index (χ1v) is 26.4. The number of nitrogens with two attached hydrogens (primary N) is 2. The number of carbonyl (C=O) groups is 3. The molecule has 0 atom stereocenters. The maximum Gasteiger partial charge on any atom is 0.573 e. The number of fused-ring (bicyclic) bond motifs is 2. The van der Waals surface area contributed by atoms with Crippen LogP contribution in [0.25, 0.3) is 20.7 Å². The van der Waals surface area contributed by atoms with Crippen molar-refractivity contribution >= 4 is 84.7 Å². The van der Waals surface area contributed by atoms with Crippen LogP contribution in [0.2, 0.25) is 0 Å². The number of aromatic nitrogens is 6. The van der Waals surface area contributed by atoms with Crippen molar-refractivity contribution in [2.24, 2.45) is 0 Å². The number of ether oxygens (including phenoxy) is 4. The summed E-state index contributed by atoms with van der Waals surface area (Å²) in [7, 11) is 1.32. The molecule has 8 aromatic rings. The Kier molecular flexibility index (Phi) is 17.4. The molecule has 0 bridgehead atoms. The standard InChI is InChI=1S/C27H27FN6O4S.C26H24F4N6O3S/c1-37-26(36)18-5-9-20(10-6-18)38-16-22(35)33-12-14-34(15-13-33)24-23-25(32-27(29)31-24)39-21(30-23)11-4-17-2-7-19(28)8-3-17;27-17-4-1-16(2-5-17)3-10-20-32-22-23(33-25(31)34-24(22)40-20)36-13-11-35(12-14-36)21(37)15-38-18-6-8-19(9-7-18)39-26(28,29)30/h2-3,5-10H,4,11-16H2,1H3,(H2,29,31,32);1-2,4-9H,3,10-15H2,(H2,31,33,34). The van der Waals surface area contributed by atoms with Crippen LogP contribution in [-0.4, -0.2) is 137 Å². The predicted molar refractivity (Wildman–Crippen MR) is 286 cm³/mol. The highest BCUT2D eigenvalue weighted by atomic mass is 32.1. The lowest BCUT2D eigenvalue weighted by Crippen LogP contribution is -2.50. The fourth-order valence-corrected chi connectivity index (χ4v) is 10.4. The maximum atomic E-state index is 13.2. The van der Waals surface area contributed by atoms with Gasteiger partial charge in [-0.15, -0.1) is 13.2 Å². The molecule has 4 N–H and O–H groups in total. The molecule has 2 amide bonds. The third-order valence-electron chi connectivity index (χ3n) is 12.6. The van der Waals surface area contributed by atoms with Gasteiger partial charge in [0.1, 0.15) is 39.9 Å². The second-order valence-corrected chi connectivity index (χ2v) is 20.1. The van der Waals surface area contributed by atoms with Crippen LogP contribution in [0.3, 0.4) is 0 Å². The van der Waals surface area contributed by atoms with Crippen molar-refractivity contribution in [2.45, 2.75) is 32.0 Å². The first-order valence-electron chi connectivity index (χ1n) is 24.7. The summed E-state index contributed by atoms with van der Waals surface area (Å²) < 4.78 is 82.8. The molecule has 6 heterocycles. The highest BCUT2D eigenvalue weighted by Crippen LogP contribution is 2.32. The molecule has 0 saturated carbocycles.